The van der Waals surface area contributed by atoms with Gasteiger partial charge in [0.25, 0.3) is 0 Å². The number of alkyl halides is 3. The first-order chi connectivity index (χ1) is 8.20. The lowest BCUT2D eigenvalue weighted by Gasteiger charge is -2.17. The van der Waals surface area contributed by atoms with E-state index in [0.717, 1.165) is 12.1 Å². The molecule has 0 radical (unpaired) electrons. The fourth-order valence-electron chi connectivity index (χ4n) is 1.53. The molecule has 102 valence electrons. The van der Waals surface area contributed by atoms with Crippen LogP contribution in [0.1, 0.15) is 12.5 Å². The second-order valence-corrected chi connectivity index (χ2v) is 5.56. The van der Waals surface area contributed by atoms with E-state index < -0.39 is 22.5 Å². The van der Waals surface area contributed by atoms with Crippen LogP contribution in [-0.4, -0.2) is 22.3 Å². The number of nitrogens with one attached hydrogen (secondary N) is 1. The Kier molecular flexibility index (Phi) is 4.61. The lowest BCUT2D eigenvalue weighted by molar-refractivity contribution is -0.137. The van der Waals surface area contributed by atoms with E-state index in [1.807, 2.05) is 0 Å². The third kappa shape index (κ3) is 4.21. The summed E-state index contributed by atoms with van der Waals surface area (Å²) in [5.74, 6) is 0.403. The summed E-state index contributed by atoms with van der Waals surface area (Å²) in [4.78, 5) is 0. The van der Waals surface area contributed by atoms with Gasteiger partial charge in [0.15, 0.2) is 0 Å². The lowest BCUT2D eigenvalue weighted by atomic mass is 10.1. The summed E-state index contributed by atoms with van der Waals surface area (Å²) in [6, 6.07) is 3.01. The maximum atomic E-state index is 12.4. The highest BCUT2D eigenvalue weighted by molar-refractivity contribution is 7.84. The zero-order valence-electron chi connectivity index (χ0n) is 10.0. The van der Waals surface area contributed by atoms with E-state index in [0.29, 0.717) is 11.4 Å². The smallest absolute Gasteiger partial charge is 0.397 e. The van der Waals surface area contributed by atoms with Crippen LogP contribution in [0, 0.1) is 0 Å². The summed E-state index contributed by atoms with van der Waals surface area (Å²) in [5, 5.41) is 2.93. The van der Waals surface area contributed by atoms with Gasteiger partial charge in [-0.05, 0) is 25.1 Å². The Morgan fingerprint density at radius 1 is 1.44 bits per heavy atom. The number of nitrogen functional groups attached to an aromatic ring is 1. The average molecular weight is 280 g/mol. The predicted octanol–water partition coefficient (Wildman–Crippen LogP) is 2.47. The molecule has 3 N–H and O–H groups in total. The van der Waals surface area contributed by atoms with E-state index >= 15 is 0 Å². The van der Waals surface area contributed by atoms with Crippen LogP contribution in [0.5, 0.6) is 0 Å². The van der Waals surface area contributed by atoms with Gasteiger partial charge in [-0.15, -0.1) is 0 Å². The van der Waals surface area contributed by atoms with E-state index in [1.54, 1.807) is 13.2 Å². The summed E-state index contributed by atoms with van der Waals surface area (Å²) in [7, 11) is -0.978. The van der Waals surface area contributed by atoms with Crippen molar-refractivity contribution in [2.24, 2.45) is 0 Å². The van der Waals surface area contributed by atoms with Crippen LogP contribution in [0.2, 0.25) is 0 Å². The number of hydrogen-bond donors (Lipinski definition) is 2. The largest absolute Gasteiger partial charge is 0.416 e. The highest BCUT2D eigenvalue weighted by Crippen LogP contribution is 2.32. The topological polar surface area (TPSA) is 55.1 Å². The third-order valence-corrected chi connectivity index (χ3v) is 3.23. The molecule has 1 aromatic rings. The minimum atomic E-state index is -4.40. The highest BCUT2D eigenvalue weighted by Gasteiger charge is 2.30. The Bertz CT molecular complexity index is 448. The molecule has 1 rings (SSSR count). The quantitative estimate of drug-likeness (QED) is 0.833. The molecule has 0 bridgehead atoms. The first-order valence-corrected chi connectivity index (χ1v) is 6.96. The number of nitrogens with two attached hydrogens (primary N) is 1. The second-order valence-electron chi connectivity index (χ2n) is 4.09. The maximum absolute atomic E-state index is 12.4. The number of rotatable bonds is 4. The maximum Gasteiger partial charge on any atom is 0.416 e. The molecular formula is C11H15F3N2OS. The average Bonchev–Trinajstić information content (AvgIpc) is 2.18. The van der Waals surface area contributed by atoms with Gasteiger partial charge < -0.3 is 11.1 Å². The summed E-state index contributed by atoms with van der Waals surface area (Å²) < 4.78 is 48.3. The van der Waals surface area contributed by atoms with Crippen LogP contribution < -0.4 is 11.1 Å². The number of anilines is 2. The summed E-state index contributed by atoms with van der Waals surface area (Å²) in [6.45, 7) is 1.79. The van der Waals surface area contributed by atoms with Crippen molar-refractivity contribution < 1.29 is 17.4 Å². The van der Waals surface area contributed by atoms with E-state index in [1.165, 1.54) is 6.07 Å². The van der Waals surface area contributed by atoms with Gasteiger partial charge in [0.05, 0.1) is 16.9 Å². The molecule has 0 saturated heterocycles. The first kappa shape index (κ1) is 14.8. The van der Waals surface area contributed by atoms with Crippen molar-refractivity contribution in [3.05, 3.63) is 23.8 Å². The first-order valence-electron chi connectivity index (χ1n) is 5.23. The number of benzene rings is 1. The molecule has 0 aromatic heterocycles. The molecule has 0 aliphatic rings. The van der Waals surface area contributed by atoms with Crippen molar-refractivity contribution in [3.8, 4) is 0 Å². The number of halogens is 3. The standard InChI is InChI=1S/C11H15F3N2OS/c1-7(6-18(2)17)16-10-4-3-8(5-9(10)15)11(12,13)14/h3-5,7,16H,6,15H2,1-2H3. The van der Waals surface area contributed by atoms with Gasteiger partial charge in [-0.25, -0.2) is 0 Å². The minimum Gasteiger partial charge on any atom is -0.397 e. The molecular weight excluding hydrogens is 265 g/mol. The van der Waals surface area contributed by atoms with Crippen molar-refractivity contribution in [1.29, 1.82) is 0 Å². The van der Waals surface area contributed by atoms with Crippen LogP contribution >= 0.6 is 0 Å². The minimum absolute atomic E-state index is 0.0264. The summed E-state index contributed by atoms with van der Waals surface area (Å²) >= 11 is 0. The van der Waals surface area contributed by atoms with Gasteiger partial charge in [-0.3, -0.25) is 4.21 Å². The molecule has 0 aliphatic carbocycles. The van der Waals surface area contributed by atoms with Crippen molar-refractivity contribution in [2.45, 2.75) is 19.1 Å². The van der Waals surface area contributed by atoms with Crippen LogP contribution in [-0.2, 0) is 17.0 Å². The third-order valence-electron chi connectivity index (χ3n) is 2.27. The van der Waals surface area contributed by atoms with Crippen LogP contribution in [0.15, 0.2) is 18.2 Å². The summed E-state index contributed by atoms with van der Waals surface area (Å²) in [6.07, 6.45) is -2.84. The normalized spacial score (nSPS) is 15.2. The zero-order valence-corrected chi connectivity index (χ0v) is 10.9. The van der Waals surface area contributed by atoms with Gasteiger partial charge in [-0.1, -0.05) is 0 Å². The van der Waals surface area contributed by atoms with Crippen molar-refractivity contribution in [2.75, 3.05) is 23.1 Å². The van der Waals surface area contributed by atoms with E-state index in [-0.39, 0.29) is 11.7 Å². The Hall–Kier alpha value is -1.24. The SMILES string of the molecule is CC(CS(C)=O)Nc1ccc(C(F)(F)F)cc1N. The second kappa shape index (κ2) is 5.60. The Morgan fingerprint density at radius 2 is 2.06 bits per heavy atom. The zero-order chi connectivity index (χ0) is 13.9. The molecule has 1 aromatic carbocycles. The van der Waals surface area contributed by atoms with Crippen molar-refractivity contribution in [1.82, 2.24) is 0 Å². The Balaban J connectivity index is 2.83. The molecule has 0 saturated carbocycles. The lowest BCUT2D eigenvalue weighted by Crippen LogP contribution is -2.23. The Morgan fingerprint density at radius 3 is 2.50 bits per heavy atom. The molecule has 3 nitrogen and oxygen atoms in total. The van der Waals surface area contributed by atoms with Crippen LogP contribution in [0.25, 0.3) is 0 Å². The van der Waals surface area contributed by atoms with Crippen LogP contribution in [0.3, 0.4) is 0 Å². The van der Waals surface area contributed by atoms with Gasteiger partial charge in [0.1, 0.15) is 0 Å². The predicted molar refractivity (Wildman–Crippen MR) is 67.9 cm³/mol. The van der Waals surface area contributed by atoms with E-state index in [9.17, 15) is 17.4 Å². The fraction of sp³-hybridized carbons (Fsp3) is 0.455. The molecule has 7 heteroatoms. The highest BCUT2D eigenvalue weighted by atomic mass is 32.2. The molecule has 2 atom stereocenters. The number of hydrogen-bond acceptors (Lipinski definition) is 3. The van der Waals surface area contributed by atoms with Crippen LogP contribution in [0.4, 0.5) is 24.5 Å². The Labute approximate surface area is 106 Å². The molecule has 2 unspecified atom stereocenters. The fourth-order valence-corrected chi connectivity index (χ4v) is 2.32. The van der Waals surface area contributed by atoms with E-state index in [4.69, 9.17) is 5.73 Å². The monoisotopic (exact) mass is 280 g/mol. The van der Waals surface area contributed by atoms with Crippen molar-refractivity contribution >= 4 is 22.2 Å². The molecule has 0 amide bonds. The van der Waals surface area contributed by atoms with Gasteiger partial charge >= 0.3 is 6.18 Å². The van der Waals surface area contributed by atoms with Gasteiger partial charge in [0, 0.05) is 28.9 Å². The van der Waals surface area contributed by atoms with Gasteiger partial charge in [0.2, 0.25) is 0 Å². The molecule has 18 heavy (non-hydrogen) atoms. The molecule has 0 fully saturated rings. The molecule has 0 heterocycles. The molecule has 0 spiro atoms. The molecule has 0 aliphatic heterocycles. The summed E-state index contributed by atoms with van der Waals surface area (Å²) in [5.41, 5.74) is 5.22. The van der Waals surface area contributed by atoms with E-state index in [2.05, 4.69) is 5.32 Å². The van der Waals surface area contributed by atoms with Gasteiger partial charge in [-0.2, -0.15) is 13.2 Å². The van der Waals surface area contributed by atoms with Crippen molar-refractivity contribution in [3.63, 3.8) is 0 Å².